The quantitative estimate of drug-likeness (QED) is 0.798. The highest BCUT2D eigenvalue weighted by Crippen LogP contribution is 2.31. The summed E-state index contributed by atoms with van der Waals surface area (Å²) in [6, 6.07) is 9.50. The molecule has 0 spiro atoms. The second-order valence-electron chi connectivity index (χ2n) is 4.41. The zero-order chi connectivity index (χ0) is 14.7. The second-order valence-corrected chi connectivity index (χ2v) is 4.41. The maximum atomic E-state index is 9.16. The van der Waals surface area contributed by atoms with E-state index in [1.807, 2.05) is 30.4 Å². The number of aromatic amines is 1. The summed E-state index contributed by atoms with van der Waals surface area (Å²) in [5.74, 6) is 0.537. The standard InChI is InChI=1S/C16H12N4O/c1-21-16-12(9-17)5-7-14-15(16)13(19-20-14)6-4-11-3-2-8-18-10-11/h2-8,10H,1H3,(H,19,20)/b6-4+. The molecule has 0 atom stereocenters. The van der Waals surface area contributed by atoms with Gasteiger partial charge in [0.2, 0.25) is 0 Å². The molecule has 0 radical (unpaired) electrons. The lowest BCUT2D eigenvalue weighted by Gasteiger charge is -2.04. The lowest BCUT2D eigenvalue weighted by atomic mass is 10.1. The molecule has 1 N–H and O–H groups in total. The van der Waals surface area contributed by atoms with Crippen LogP contribution in [-0.4, -0.2) is 22.3 Å². The summed E-state index contributed by atoms with van der Waals surface area (Å²) in [4.78, 5) is 4.06. The molecular weight excluding hydrogens is 264 g/mol. The van der Waals surface area contributed by atoms with Gasteiger partial charge in [-0.25, -0.2) is 0 Å². The molecule has 21 heavy (non-hydrogen) atoms. The maximum Gasteiger partial charge on any atom is 0.148 e. The summed E-state index contributed by atoms with van der Waals surface area (Å²) in [7, 11) is 1.55. The van der Waals surface area contributed by atoms with Gasteiger partial charge in [-0.15, -0.1) is 0 Å². The van der Waals surface area contributed by atoms with E-state index in [0.717, 1.165) is 22.2 Å². The highest BCUT2D eigenvalue weighted by molar-refractivity contribution is 5.95. The van der Waals surface area contributed by atoms with Crippen molar-refractivity contribution in [1.82, 2.24) is 15.2 Å². The van der Waals surface area contributed by atoms with E-state index >= 15 is 0 Å². The fraction of sp³-hybridized carbons (Fsp3) is 0.0625. The number of nitriles is 1. The van der Waals surface area contributed by atoms with Gasteiger partial charge >= 0.3 is 0 Å². The zero-order valence-electron chi connectivity index (χ0n) is 11.4. The van der Waals surface area contributed by atoms with E-state index in [2.05, 4.69) is 21.3 Å². The van der Waals surface area contributed by atoms with Gasteiger partial charge in [0.05, 0.1) is 29.3 Å². The molecule has 0 aliphatic rings. The molecule has 102 valence electrons. The first-order chi connectivity index (χ1) is 10.3. The van der Waals surface area contributed by atoms with Crippen LogP contribution in [0.15, 0.2) is 36.7 Å². The third-order valence-corrected chi connectivity index (χ3v) is 3.15. The van der Waals surface area contributed by atoms with Crippen LogP contribution in [0.25, 0.3) is 23.1 Å². The summed E-state index contributed by atoms with van der Waals surface area (Å²) < 4.78 is 5.37. The van der Waals surface area contributed by atoms with Gasteiger partial charge in [0.1, 0.15) is 11.8 Å². The Balaban J connectivity index is 2.12. The predicted octanol–water partition coefficient (Wildman–Crippen LogP) is 3.01. The van der Waals surface area contributed by atoms with Crippen molar-refractivity contribution in [3.63, 3.8) is 0 Å². The lowest BCUT2D eigenvalue weighted by Crippen LogP contribution is -1.89. The Hall–Kier alpha value is -3.13. The van der Waals surface area contributed by atoms with Crippen LogP contribution in [0, 0.1) is 11.3 Å². The molecular formula is C16H12N4O. The smallest absolute Gasteiger partial charge is 0.148 e. The molecule has 3 rings (SSSR count). The van der Waals surface area contributed by atoms with Crippen LogP contribution in [0.2, 0.25) is 0 Å². The van der Waals surface area contributed by atoms with Crippen molar-refractivity contribution in [3.8, 4) is 11.8 Å². The van der Waals surface area contributed by atoms with Gasteiger partial charge in [0.25, 0.3) is 0 Å². The summed E-state index contributed by atoms with van der Waals surface area (Å²) >= 11 is 0. The highest BCUT2D eigenvalue weighted by Gasteiger charge is 2.13. The Labute approximate surface area is 121 Å². The van der Waals surface area contributed by atoms with Gasteiger partial charge in [-0.1, -0.05) is 12.1 Å². The van der Waals surface area contributed by atoms with Crippen molar-refractivity contribution in [2.75, 3.05) is 7.11 Å². The van der Waals surface area contributed by atoms with Crippen LogP contribution < -0.4 is 4.74 Å². The molecule has 2 aromatic heterocycles. The Morgan fingerprint density at radius 2 is 2.19 bits per heavy atom. The minimum absolute atomic E-state index is 0.488. The zero-order valence-corrected chi connectivity index (χ0v) is 11.4. The van der Waals surface area contributed by atoms with Gasteiger partial charge in [-0.3, -0.25) is 10.1 Å². The Kier molecular flexibility index (Phi) is 3.36. The Bertz CT molecular complexity index is 844. The van der Waals surface area contributed by atoms with Crippen LogP contribution in [0.3, 0.4) is 0 Å². The molecule has 0 aliphatic carbocycles. The lowest BCUT2D eigenvalue weighted by molar-refractivity contribution is 0.418. The summed E-state index contributed by atoms with van der Waals surface area (Å²) in [6.07, 6.45) is 7.29. The number of ether oxygens (including phenoxy) is 1. The van der Waals surface area contributed by atoms with E-state index in [4.69, 9.17) is 10.00 Å². The van der Waals surface area contributed by atoms with Crippen molar-refractivity contribution in [3.05, 3.63) is 53.5 Å². The number of hydrogen-bond acceptors (Lipinski definition) is 4. The average molecular weight is 276 g/mol. The summed E-state index contributed by atoms with van der Waals surface area (Å²) in [5.41, 5.74) is 3.02. The van der Waals surface area contributed by atoms with Crippen molar-refractivity contribution >= 4 is 23.1 Å². The average Bonchev–Trinajstić information content (AvgIpc) is 2.96. The third-order valence-electron chi connectivity index (χ3n) is 3.15. The third kappa shape index (κ3) is 2.35. The first kappa shape index (κ1) is 12.9. The normalized spacial score (nSPS) is 10.9. The van der Waals surface area contributed by atoms with Gasteiger partial charge in [0.15, 0.2) is 0 Å². The highest BCUT2D eigenvalue weighted by atomic mass is 16.5. The molecule has 2 heterocycles. The molecule has 0 saturated carbocycles. The van der Waals surface area contributed by atoms with Gasteiger partial charge in [-0.2, -0.15) is 10.4 Å². The molecule has 0 aliphatic heterocycles. The number of pyridine rings is 1. The molecule has 5 heteroatoms. The number of nitrogens with zero attached hydrogens (tertiary/aromatic N) is 3. The van der Waals surface area contributed by atoms with E-state index in [1.54, 1.807) is 25.6 Å². The van der Waals surface area contributed by atoms with Crippen LogP contribution in [0.1, 0.15) is 16.8 Å². The molecule has 0 bridgehead atoms. The fourth-order valence-electron chi connectivity index (χ4n) is 2.18. The molecule has 0 unspecified atom stereocenters. The number of aromatic nitrogens is 3. The number of fused-ring (bicyclic) bond motifs is 1. The largest absolute Gasteiger partial charge is 0.495 e. The minimum atomic E-state index is 0.488. The van der Waals surface area contributed by atoms with E-state index in [1.165, 1.54) is 0 Å². The number of benzene rings is 1. The molecule has 0 fully saturated rings. The first-order valence-corrected chi connectivity index (χ1v) is 6.36. The second kappa shape index (κ2) is 5.47. The van der Waals surface area contributed by atoms with E-state index in [9.17, 15) is 0 Å². The van der Waals surface area contributed by atoms with Crippen LogP contribution in [-0.2, 0) is 0 Å². The Morgan fingerprint density at radius 1 is 1.29 bits per heavy atom. The molecule has 0 amide bonds. The Morgan fingerprint density at radius 3 is 2.90 bits per heavy atom. The van der Waals surface area contributed by atoms with Crippen molar-refractivity contribution in [2.24, 2.45) is 0 Å². The van der Waals surface area contributed by atoms with Crippen LogP contribution in [0.5, 0.6) is 5.75 Å². The minimum Gasteiger partial charge on any atom is -0.495 e. The monoisotopic (exact) mass is 276 g/mol. The SMILES string of the molecule is COc1c(C#N)ccc2[nH]nc(/C=C/c3cccnc3)c12. The fourth-order valence-corrected chi connectivity index (χ4v) is 2.18. The van der Waals surface area contributed by atoms with Crippen molar-refractivity contribution < 1.29 is 4.74 Å². The maximum absolute atomic E-state index is 9.16. The van der Waals surface area contributed by atoms with Crippen molar-refractivity contribution in [1.29, 1.82) is 5.26 Å². The summed E-state index contributed by atoms with van der Waals surface area (Å²) in [6.45, 7) is 0. The predicted molar refractivity (Wildman–Crippen MR) is 80.5 cm³/mol. The molecule has 5 nitrogen and oxygen atoms in total. The van der Waals surface area contributed by atoms with Crippen LogP contribution in [0.4, 0.5) is 0 Å². The topological polar surface area (TPSA) is 74.6 Å². The van der Waals surface area contributed by atoms with E-state index in [0.29, 0.717) is 11.3 Å². The first-order valence-electron chi connectivity index (χ1n) is 6.36. The molecule has 0 saturated heterocycles. The number of hydrogen-bond donors (Lipinski definition) is 1. The number of nitrogens with one attached hydrogen (secondary N) is 1. The van der Waals surface area contributed by atoms with Crippen LogP contribution >= 0.6 is 0 Å². The van der Waals surface area contributed by atoms with E-state index in [-0.39, 0.29) is 0 Å². The van der Waals surface area contributed by atoms with Crippen molar-refractivity contribution in [2.45, 2.75) is 0 Å². The molecule has 3 aromatic rings. The van der Waals surface area contributed by atoms with Gasteiger partial charge in [0, 0.05) is 12.4 Å². The van der Waals surface area contributed by atoms with Gasteiger partial charge < -0.3 is 4.74 Å². The summed E-state index contributed by atoms with van der Waals surface area (Å²) in [5, 5.41) is 17.2. The number of methoxy groups -OCH3 is 1. The number of rotatable bonds is 3. The van der Waals surface area contributed by atoms with E-state index < -0.39 is 0 Å². The number of H-pyrrole nitrogens is 1. The molecule has 1 aromatic carbocycles. The van der Waals surface area contributed by atoms with Gasteiger partial charge in [-0.05, 0) is 29.8 Å².